The molecule has 0 saturated heterocycles. The fraction of sp³-hybridized carbons (Fsp3) is 0.524. The van der Waals surface area contributed by atoms with E-state index in [0.717, 1.165) is 24.3 Å². The predicted molar refractivity (Wildman–Crippen MR) is 106 cm³/mol. The highest BCUT2D eigenvalue weighted by atomic mass is 16.5. The van der Waals surface area contributed by atoms with Crippen molar-refractivity contribution < 1.29 is 19.4 Å². The van der Waals surface area contributed by atoms with Gasteiger partial charge in [0, 0.05) is 24.8 Å². The van der Waals surface area contributed by atoms with Gasteiger partial charge in [0.1, 0.15) is 5.75 Å². The van der Waals surface area contributed by atoms with E-state index in [1.165, 1.54) is 19.3 Å². The highest BCUT2D eigenvalue weighted by Gasteiger charge is 2.22. The van der Waals surface area contributed by atoms with E-state index in [1.807, 2.05) is 35.0 Å². The largest absolute Gasteiger partial charge is 0.490 e. The van der Waals surface area contributed by atoms with Gasteiger partial charge in [-0.3, -0.25) is 0 Å². The van der Waals surface area contributed by atoms with Gasteiger partial charge >= 0.3 is 5.97 Å². The summed E-state index contributed by atoms with van der Waals surface area (Å²) in [7, 11) is 0. The Bertz CT molecular complexity index is 753. The number of hydrogen-bond acceptors (Lipinski definition) is 5. The van der Waals surface area contributed by atoms with Crippen molar-refractivity contribution in [1.29, 1.82) is 0 Å². The maximum atomic E-state index is 11.4. The molecule has 2 atom stereocenters. The van der Waals surface area contributed by atoms with Crippen LogP contribution in [0.1, 0.15) is 44.7 Å². The Morgan fingerprint density at radius 1 is 1.29 bits per heavy atom. The van der Waals surface area contributed by atoms with Crippen LogP contribution < -0.4 is 10.5 Å². The number of ether oxygens (including phenoxy) is 2. The molecule has 28 heavy (non-hydrogen) atoms. The molecular weight excluding hydrogens is 358 g/mol. The average Bonchev–Trinajstić information content (AvgIpc) is 3.17. The van der Waals surface area contributed by atoms with Crippen molar-refractivity contribution in [1.82, 2.24) is 9.55 Å². The van der Waals surface area contributed by atoms with Gasteiger partial charge in [-0.1, -0.05) is 6.42 Å². The quantitative estimate of drug-likeness (QED) is 0.686. The van der Waals surface area contributed by atoms with Crippen LogP contribution in [0.4, 0.5) is 0 Å². The van der Waals surface area contributed by atoms with E-state index in [9.17, 15) is 9.90 Å². The molecule has 7 nitrogen and oxygen atoms in total. The fourth-order valence-electron chi connectivity index (χ4n) is 3.40. The zero-order chi connectivity index (χ0) is 19.9. The molecule has 1 saturated carbocycles. The fourth-order valence-corrected chi connectivity index (χ4v) is 3.40. The van der Waals surface area contributed by atoms with Gasteiger partial charge in [0.15, 0.2) is 6.10 Å². The van der Waals surface area contributed by atoms with Crippen LogP contribution in [0.15, 0.2) is 36.8 Å². The lowest BCUT2D eigenvalue weighted by atomic mass is 9.98. The first-order chi connectivity index (χ1) is 13.5. The minimum absolute atomic E-state index is 0.190. The molecule has 0 bridgehead atoms. The first-order valence-corrected chi connectivity index (χ1v) is 9.93. The normalized spacial score (nSPS) is 17.2. The first kappa shape index (κ1) is 20.4. The van der Waals surface area contributed by atoms with E-state index < -0.39 is 12.1 Å². The summed E-state index contributed by atoms with van der Waals surface area (Å²) in [6, 6.07) is 7.89. The number of aliphatic carboxylic acids is 1. The highest BCUT2D eigenvalue weighted by Crippen LogP contribution is 2.24. The number of rotatable bonds is 9. The van der Waals surface area contributed by atoms with Crippen molar-refractivity contribution in [2.24, 2.45) is 5.73 Å². The van der Waals surface area contributed by atoms with Crippen LogP contribution >= 0.6 is 0 Å². The van der Waals surface area contributed by atoms with E-state index in [4.69, 9.17) is 15.2 Å². The molecule has 3 N–H and O–H groups in total. The van der Waals surface area contributed by atoms with E-state index in [1.54, 1.807) is 13.3 Å². The SMILES string of the molecule is C[C@H](CN)O[C@@H](Cc1cn(-c2ccc(OC3CCCCC3)cc2)cn1)C(=O)O. The molecule has 1 heterocycles. The van der Waals surface area contributed by atoms with E-state index >= 15 is 0 Å². The number of nitrogens with zero attached hydrogens (tertiary/aromatic N) is 2. The Kier molecular flexibility index (Phi) is 7.06. The lowest BCUT2D eigenvalue weighted by molar-refractivity contribution is -0.153. The third kappa shape index (κ3) is 5.56. The van der Waals surface area contributed by atoms with E-state index in [2.05, 4.69) is 4.98 Å². The van der Waals surface area contributed by atoms with Gasteiger partial charge in [0.2, 0.25) is 0 Å². The van der Waals surface area contributed by atoms with Gasteiger partial charge in [0.05, 0.1) is 24.2 Å². The third-order valence-electron chi connectivity index (χ3n) is 5.02. The molecule has 0 aliphatic heterocycles. The number of aromatic nitrogens is 2. The van der Waals surface area contributed by atoms with Gasteiger partial charge in [-0.25, -0.2) is 9.78 Å². The molecule has 1 aliphatic rings. The van der Waals surface area contributed by atoms with Crippen molar-refractivity contribution in [3.63, 3.8) is 0 Å². The smallest absolute Gasteiger partial charge is 0.333 e. The maximum absolute atomic E-state index is 11.4. The molecule has 2 aromatic rings. The van der Waals surface area contributed by atoms with Crippen molar-refractivity contribution in [3.05, 3.63) is 42.5 Å². The molecule has 152 valence electrons. The summed E-state index contributed by atoms with van der Waals surface area (Å²) in [5.41, 5.74) is 7.11. The van der Waals surface area contributed by atoms with Crippen molar-refractivity contribution in [3.8, 4) is 11.4 Å². The van der Waals surface area contributed by atoms with Gasteiger partial charge < -0.3 is 24.9 Å². The van der Waals surface area contributed by atoms with Crippen LogP contribution in [0.2, 0.25) is 0 Å². The summed E-state index contributed by atoms with van der Waals surface area (Å²) >= 11 is 0. The zero-order valence-corrected chi connectivity index (χ0v) is 16.3. The number of carboxylic acid groups (broad SMARTS) is 1. The van der Waals surface area contributed by atoms with Crippen LogP contribution in [-0.2, 0) is 16.0 Å². The second-order valence-corrected chi connectivity index (χ2v) is 7.36. The van der Waals surface area contributed by atoms with E-state index in [-0.39, 0.29) is 19.1 Å². The van der Waals surface area contributed by atoms with E-state index in [0.29, 0.717) is 11.8 Å². The zero-order valence-electron chi connectivity index (χ0n) is 16.3. The Morgan fingerprint density at radius 3 is 2.64 bits per heavy atom. The topological polar surface area (TPSA) is 99.6 Å². The Morgan fingerprint density at radius 2 is 2.00 bits per heavy atom. The molecule has 0 unspecified atom stereocenters. The predicted octanol–water partition coefficient (Wildman–Crippen LogP) is 2.94. The second kappa shape index (κ2) is 9.71. The van der Waals surface area contributed by atoms with Gasteiger partial charge in [-0.05, 0) is 56.9 Å². The number of nitrogens with two attached hydrogens (primary N) is 1. The molecule has 1 fully saturated rings. The maximum Gasteiger partial charge on any atom is 0.333 e. The molecule has 0 spiro atoms. The van der Waals surface area contributed by atoms with Crippen LogP contribution in [0.5, 0.6) is 5.75 Å². The number of carboxylic acids is 1. The molecule has 7 heteroatoms. The molecule has 0 radical (unpaired) electrons. The van der Waals surface area contributed by atoms with Crippen LogP contribution in [0, 0.1) is 0 Å². The first-order valence-electron chi connectivity index (χ1n) is 9.93. The summed E-state index contributed by atoms with van der Waals surface area (Å²) in [5, 5.41) is 9.35. The van der Waals surface area contributed by atoms with Crippen LogP contribution in [0.3, 0.4) is 0 Å². The van der Waals surface area contributed by atoms with Crippen LogP contribution in [-0.4, -0.2) is 45.5 Å². The Balaban J connectivity index is 1.61. The van der Waals surface area contributed by atoms with Crippen molar-refractivity contribution >= 4 is 5.97 Å². The number of imidazole rings is 1. The highest BCUT2D eigenvalue weighted by molar-refractivity contribution is 5.72. The lowest BCUT2D eigenvalue weighted by Crippen LogP contribution is -2.33. The number of hydrogen-bond donors (Lipinski definition) is 2. The summed E-state index contributed by atoms with van der Waals surface area (Å²) < 4.78 is 13.4. The van der Waals surface area contributed by atoms with Gasteiger partial charge in [-0.15, -0.1) is 0 Å². The van der Waals surface area contributed by atoms with Gasteiger partial charge in [0.25, 0.3) is 0 Å². The molecule has 1 aliphatic carbocycles. The molecule has 1 aromatic carbocycles. The molecule has 1 aromatic heterocycles. The lowest BCUT2D eigenvalue weighted by Gasteiger charge is -2.23. The summed E-state index contributed by atoms with van der Waals surface area (Å²) in [6.45, 7) is 2.03. The monoisotopic (exact) mass is 387 g/mol. The Labute approximate surface area is 165 Å². The van der Waals surface area contributed by atoms with Gasteiger partial charge in [-0.2, -0.15) is 0 Å². The van der Waals surface area contributed by atoms with Crippen molar-refractivity contribution in [2.45, 2.75) is 63.8 Å². The minimum atomic E-state index is -1.01. The standard InChI is InChI=1S/C21H29N3O4/c1-15(12-22)27-20(21(25)26)11-16-13-24(14-23-16)17-7-9-19(10-8-17)28-18-5-3-2-4-6-18/h7-10,13-15,18,20H,2-6,11-12,22H2,1H3,(H,25,26)/t15-,20+/m1/s1. The molecule has 0 amide bonds. The number of carbonyl (C=O) groups is 1. The van der Waals surface area contributed by atoms with Crippen LogP contribution in [0.25, 0.3) is 5.69 Å². The van der Waals surface area contributed by atoms with Crippen molar-refractivity contribution in [2.75, 3.05) is 6.54 Å². The Hall–Kier alpha value is -2.38. The average molecular weight is 387 g/mol. The molecule has 3 rings (SSSR count). The summed E-state index contributed by atoms with van der Waals surface area (Å²) in [6.07, 6.45) is 8.77. The second-order valence-electron chi connectivity index (χ2n) is 7.36. The molecular formula is C21H29N3O4. The number of benzene rings is 1. The summed E-state index contributed by atoms with van der Waals surface area (Å²) in [5.74, 6) is -0.134. The minimum Gasteiger partial charge on any atom is -0.490 e. The third-order valence-corrected chi connectivity index (χ3v) is 5.02. The summed E-state index contributed by atoms with van der Waals surface area (Å²) in [4.78, 5) is 15.7.